The molecular formula is C15H22N4O2. The molecule has 0 aromatic carbocycles. The van der Waals surface area contributed by atoms with Gasteiger partial charge in [0.15, 0.2) is 0 Å². The van der Waals surface area contributed by atoms with E-state index in [-0.39, 0.29) is 12.3 Å². The Kier molecular flexibility index (Phi) is 6.39. The average Bonchev–Trinajstić information content (AvgIpc) is 2.45. The van der Waals surface area contributed by atoms with Gasteiger partial charge in [-0.1, -0.05) is 19.6 Å². The molecule has 6 nitrogen and oxygen atoms in total. The number of amides is 3. The van der Waals surface area contributed by atoms with Crippen LogP contribution in [-0.2, 0) is 4.79 Å². The molecule has 1 saturated heterocycles. The number of imide groups is 1. The Labute approximate surface area is 125 Å². The molecule has 0 bridgehead atoms. The zero-order chi connectivity index (χ0) is 15.8. The van der Waals surface area contributed by atoms with Crippen molar-refractivity contribution in [3.8, 4) is 0 Å². The van der Waals surface area contributed by atoms with E-state index in [2.05, 4.69) is 29.1 Å². The summed E-state index contributed by atoms with van der Waals surface area (Å²) in [6.45, 7) is 9.85. The fourth-order valence-corrected chi connectivity index (χ4v) is 1.99. The summed E-state index contributed by atoms with van der Waals surface area (Å²) in [5.74, 6) is 0.219. The summed E-state index contributed by atoms with van der Waals surface area (Å²) >= 11 is 0. The summed E-state index contributed by atoms with van der Waals surface area (Å²) < 4.78 is 0. The summed E-state index contributed by atoms with van der Waals surface area (Å²) in [7, 11) is 0. The van der Waals surface area contributed by atoms with Crippen LogP contribution in [0, 0.1) is 0 Å². The van der Waals surface area contributed by atoms with Crippen LogP contribution in [0.1, 0.15) is 33.6 Å². The third-order valence-corrected chi connectivity index (χ3v) is 3.17. The summed E-state index contributed by atoms with van der Waals surface area (Å²) in [5.41, 5.74) is 2.03. The number of aliphatic imine (C=N–C) groups is 1. The van der Waals surface area contributed by atoms with Gasteiger partial charge in [0.2, 0.25) is 5.91 Å². The Bertz CT molecular complexity index is 518. The number of nitrogens with zero attached hydrogens (tertiary/aromatic N) is 2. The zero-order valence-electron chi connectivity index (χ0n) is 12.8. The monoisotopic (exact) mass is 290 g/mol. The zero-order valence-corrected chi connectivity index (χ0v) is 12.8. The number of nitrogens with one attached hydrogen (secondary N) is 2. The topological polar surface area (TPSA) is 73.8 Å². The SMILES string of the molecule is C=CN\C(=C/N=C(C)/C(=C\C)CC)N1CCC(=O)NC1=O. The molecule has 0 radical (unpaired) electrons. The highest BCUT2D eigenvalue weighted by molar-refractivity contribution is 5.99. The van der Waals surface area contributed by atoms with Crippen molar-refractivity contribution in [3.63, 3.8) is 0 Å². The normalized spacial score (nSPS) is 17.7. The maximum Gasteiger partial charge on any atom is 0.329 e. The molecule has 1 aliphatic heterocycles. The first kappa shape index (κ1) is 16.7. The molecule has 6 heteroatoms. The number of carbonyl (C=O) groups is 2. The molecule has 0 aromatic rings. The quantitative estimate of drug-likeness (QED) is 0.737. The van der Waals surface area contributed by atoms with Gasteiger partial charge in [0.25, 0.3) is 0 Å². The van der Waals surface area contributed by atoms with Gasteiger partial charge in [-0.15, -0.1) is 0 Å². The van der Waals surface area contributed by atoms with E-state index in [1.807, 2.05) is 19.9 Å². The van der Waals surface area contributed by atoms with Crippen LogP contribution >= 0.6 is 0 Å². The molecule has 114 valence electrons. The van der Waals surface area contributed by atoms with E-state index in [1.54, 1.807) is 6.20 Å². The van der Waals surface area contributed by atoms with Crippen LogP contribution in [0.5, 0.6) is 0 Å². The Balaban J connectivity index is 2.98. The van der Waals surface area contributed by atoms with Gasteiger partial charge in [-0.05, 0) is 32.0 Å². The molecule has 0 saturated carbocycles. The third kappa shape index (κ3) is 4.59. The minimum absolute atomic E-state index is 0.264. The minimum atomic E-state index is -0.457. The molecule has 0 spiro atoms. The molecule has 0 atom stereocenters. The first-order chi connectivity index (χ1) is 10.0. The molecule has 0 unspecified atom stereocenters. The molecule has 3 amide bonds. The summed E-state index contributed by atoms with van der Waals surface area (Å²) in [6, 6.07) is -0.457. The van der Waals surface area contributed by atoms with Crippen molar-refractivity contribution in [2.75, 3.05) is 6.54 Å². The second-order valence-electron chi connectivity index (χ2n) is 4.50. The van der Waals surface area contributed by atoms with Gasteiger partial charge in [-0.25, -0.2) is 4.79 Å². The maximum atomic E-state index is 11.8. The van der Waals surface area contributed by atoms with Crippen LogP contribution < -0.4 is 10.6 Å². The van der Waals surface area contributed by atoms with Gasteiger partial charge in [0.05, 0.1) is 6.20 Å². The van der Waals surface area contributed by atoms with E-state index < -0.39 is 6.03 Å². The molecule has 1 aliphatic rings. The van der Waals surface area contributed by atoms with Gasteiger partial charge >= 0.3 is 6.03 Å². The summed E-state index contributed by atoms with van der Waals surface area (Å²) in [5, 5.41) is 5.15. The van der Waals surface area contributed by atoms with Crippen molar-refractivity contribution in [2.45, 2.75) is 33.6 Å². The number of carbonyl (C=O) groups excluding carboxylic acids is 2. The second-order valence-corrected chi connectivity index (χ2v) is 4.50. The molecule has 2 N–H and O–H groups in total. The van der Waals surface area contributed by atoms with E-state index in [0.29, 0.717) is 12.4 Å². The predicted molar refractivity (Wildman–Crippen MR) is 83.4 cm³/mol. The largest absolute Gasteiger partial charge is 0.347 e. The Morgan fingerprint density at radius 2 is 2.24 bits per heavy atom. The standard InChI is InChI=1S/C15H22N4O2/c1-5-12(6-2)11(4)17-10-13(16-7-3)19-9-8-14(20)18-15(19)21/h5,7,10,16H,3,6,8-9H2,1-2,4H3,(H,18,20,21)/b12-5-,13-10+,17-11+. The van der Waals surface area contributed by atoms with E-state index in [4.69, 9.17) is 0 Å². The highest BCUT2D eigenvalue weighted by Gasteiger charge is 2.25. The van der Waals surface area contributed by atoms with Gasteiger partial charge in [0.1, 0.15) is 5.82 Å². The summed E-state index contributed by atoms with van der Waals surface area (Å²) in [6.07, 6.45) is 6.21. The summed E-state index contributed by atoms with van der Waals surface area (Å²) in [4.78, 5) is 28.8. The lowest BCUT2D eigenvalue weighted by Gasteiger charge is -2.28. The van der Waals surface area contributed by atoms with Crippen LogP contribution in [0.3, 0.4) is 0 Å². The van der Waals surface area contributed by atoms with E-state index in [1.165, 1.54) is 11.1 Å². The van der Waals surface area contributed by atoms with Crippen molar-refractivity contribution < 1.29 is 9.59 Å². The van der Waals surface area contributed by atoms with Crippen molar-refractivity contribution in [1.82, 2.24) is 15.5 Å². The highest BCUT2D eigenvalue weighted by atomic mass is 16.2. The van der Waals surface area contributed by atoms with Crippen LogP contribution in [0.15, 0.2) is 41.4 Å². The highest BCUT2D eigenvalue weighted by Crippen LogP contribution is 2.09. The number of hydrogen-bond acceptors (Lipinski definition) is 4. The van der Waals surface area contributed by atoms with Gasteiger partial charge in [-0.2, -0.15) is 0 Å². The third-order valence-electron chi connectivity index (χ3n) is 3.17. The molecule has 1 heterocycles. The maximum absolute atomic E-state index is 11.8. The number of allylic oxidation sites excluding steroid dienone is 2. The Hall–Kier alpha value is -2.37. The number of urea groups is 1. The van der Waals surface area contributed by atoms with Crippen molar-refractivity contribution in [2.24, 2.45) is 4.99 Å². The molecular weight excluding hydrogens is 268 g/mol. The van der Waals surface area contributed by atoms with Gasteiger partial charge in [-0.3, -0.25) is 20.0 Å². The Morgan fingerprint density at radius 3 is 2.76 bits per heavy atom. The molecule has 0 aliphatic carbocycles. The van der Waals surface area contributed by atoms with Crippen molar-refractivity contribution in [1.29, 1.82) is 0 Å². The van der Waals surface area contributed by atoms with Gasteiger partial charge in [0, 0.05) is 18.7 Å². The van der Waals surface area contributed by atoms with Gasteiger partial charge < -0.3 is 5.32 Å². The number of rotatable bonds is 6. The van der Waals surface area contributed by atoms with Crippen LogP contribution in [0.25, 0.3) is 0 Å². The average molecular weight is 290 g/mol. The minimum Gasteiger partial charge on any atom is -0.347 e. The molecule has 1 fully saturated rings. The fraction of sp³-hybridized carbons (Fsp3) is 0.400. The second kappa shape index (κ2) is 8.04. The van der Waals surface area contributed by atoms with Crippen molar-refractivity contribution >= 4 is 17.6 Å². The molecule has 1 rings (SSSR count). The predicted octanol–water partition coefficient (Wildman–Crippen LogP) is 2.28. The Morgan fingerprint density at radius 1 is 1.52 bits per heavy atom. The smallest absolute Gasteiger partial charge is 0.329 e. The van der Waals surface area contributed by atoms with E-state index in [0.717, 1.165) is 17.7 Å². The lowest BCUT2D eigenvalue weighted by Crippen LogP contribution is -2.50. The van der Waals surface area contributed by atoms with Crippen LogP contribution in [-0.4, -0.2) is 29.1 Å². The van der Waals surface area contributed by atoms with E-state index >= 15 is 0 Å². The van der Waals surface area contributed by atoms with Crippen molar-refractivity contribution in [3.05, 3.63) is 36.4 Å². The fourth-order valence-electron chi connectivity index (χ4n) is 1.99. The molecule has 21 heavy (non-hydrogen) atoms. The van der Waals surface area contributed by atoms with E-state index in [9.17, 15) is 9.59 Å². The number of hydrogen-bond donors (Lipinski definition) is 2. The lowest BCUT2D eigenvalue weighted by molar-refractivity contribution is -0.121. The lowest BCUT2D eigenvalue weighted by atomic mass is 10.1. The molecule has 0 aromatic heterocycles. The van der Waals surface area contributed by atoms with Crippen LogP contribution in [0.2, 0.25) is 0 Å². The first-order valence-electron chi connectivity index (χ1n) is 6.92. The van der Waals surface area contributed by atoms with Crippen LogP contribution in [0.4, 0.5) is 4.79 Å². The first-order valence-corrected chi connectivity index (χ1v) is 6.92.